The number of imidazole rings is 1. The Hall–Kier alpha value is -3.77. The Morgan fingerprint density at radius 1 is 1.05 bits per heavy atom. The molecule has 2 heterocycles. The van der Waals surface area contributed by atoms with Crippen molar-refractivity contribution in [2.24, 2.45) is 7.05 Å². The summed E-state index contributed by atoms with van der Waals surface area (Å²) in [6, 6.07) is 11.7. The Morgan fingerprint density at radius 2 is 1.76 bits per heavy atom. The first-order chi connectivity index (χ1) is 17.6. The second-order valence-corrected chi connectivity index (χ2v) is 8.60. The highest BCUT2D eigenvalue weighted by atomic mass is 35.5. The number of hydrogen-bond donors (Lipinski definition) is 1. The van der Waals surface area contributed by atoms with E-state index in [0.29, 0.717) is 18.0 Å². The zero-order valence-electron chi connectivity index (χ0n) is 19.9. The van der Waals surface area contributed by atoms with E-state index in [1.165, 1.54) is 28.3 Å². The van der Waals surface area contributed by atoms with Gasteiger partial charge in [0.1, 0.15) is 11.5 Å². The van der Waals surface area contributed by atoms with Gasteiger partial charge in [0, 0.05) is 24.7 Å². The predicted octanol–water partition coefficient (Wildman–Crippen LogP) is 3.90. The lowest BCUT2D eigenvalue weighted by molar-refractivity contribution is -0.274. The van der Waals surface area contributed by atoms with E-state index >= 15 is 0 Å². The van der Waals surface area contributed by atoms with Crippen molar-refractivity contribution < 1.29 is 22.6 Å². The number of alkyl halides is 3. The van der Waals surface area contributed by atoms with Crippen LogP contribution in [0.15, 0.2) is 58.1 Å². The van der Waals surface area contributed by atoms with Gasteiger partial charge in [0.05, 0.1) is 6.54 Å². The molecule has 37 heavy (non-hydrogen) atoms. The van der Waals surface area contributed by atoms with Crippen LogP contribution in [0.3, 0.4) is 0 Å². The first kappa shape index (κ1) is 26.3. The fourth-order valence-corrected chi connectivity index (χ4v) is 3.93. The van der Waals surface area contributed by atoms with Crippen molar-refractivity contribution in [1.29, 1.82) is 0 Å². The highest BCUT2D eigenvalue weighted by Crippen LogP contribution is 2.30. The Bertz CT molecular complexity index is 1530. The SMILES string of the molecule is CNCCCn1c(=O)c2c(nc(Oc3cccc(OC(F)(F)F)c3)n2Cc2ccc(Cl)cc2)n(C)c1=O. The average Bonchev–Trinajstić information content (AvgIpc) is 3.18. The summed E-state index contributed by atoms with van der Waals surface area (Å²) in [4.78, 5) is 30.8. The molecule has 196 valence electrons. The maximum atomic E-state index is 13.5. The van der Waals surface area contributed by atoms with Crippen molar-refractivity contribution >= 4 is 22.8 Å². The van der Waals surface area contributed by atoms with Gasteiger partial charge >= 0.3 is 18.1 Å². The lowest BCUT2D eigenvalue weighted by Crippen LogP contribution is -2.40. The fourth-order valence-electron chi connectivity index (χ4n) is 3.80. The first-order valence-corrected chi connectivity index (χ1v) is 11.6. The van der Waals surface area contributed by atoms with Gasteiger partial charge < -0.3 is 14.8 Å². The monoisotopic (exact) mass is 537 g/mol. The van der Waals surface area contributed by atoms with Crippen molar-refractivity contribution in [2.45, 2.75) is 25.9 Å². The minimum absolute atomic E-state index is 0.00578. The molecule has 0 bridgehead atoms. The predicted molar refractivity (Wildman–Crippen MR) is 132 cm³/mol. The smallest absolute Gasteiger partial charge is 0.425 e. The second kappa shape index (κ2) is 10.7. The van der Waals surface area contributed by atoms with Gasteiger partial charge in [0.15, 0.2) is 11.2 Å². The molecule has 1 N–H and O–H groups in total. The van der Waals surface area contributed by atoms with E-state index in [1.807, 2.05) is 0 Å². The Labute approximate surface area is 213 Å². The minimum atomic E-state index is -4.88. The topological polar surface area (TPSA) is 92.3 Å². The van der Waals surface area contributed by atoms with E-state index in [2.05, 4.69) is 15.0 Å². The fraction of sp³-hybridized carbons (Fsp3) is 0.292. The molecule has 0 aliphatic rings. The summed E-state index contributed by atoms with van der Waals surface area (Å²) in [5.74, 6) is -0.488. The highest BCUT2D eigenvalue weighted by molar-refractivity contribution is 6.30. The van der Waals surface area contributed by atoms with E-state index < -0.39 is 23.4 Å². The number of hydrogen-bond acceptors (Lipinski definition) is 6. The van der Waals surface area contributed by atoms with Crippen LogP contribution < -0.4 is 26.0 Å². The molecule has 2 aromatic heterocycles. The minimum Gasteiger partial charge on any atom is -0.425 e. The lowest BCUT2D eigenvalue weighted by atomic mass is 10.2. The number of nitrogens with one attached hydrogen (secondary N) is 1. The second-order valence-electron chi connectivity index (χ2n) is 8.16. The van der Waals surface area contributed by atoms with Crippen LogP contribution in [0, 0.1) is 0 Å². The number of fused-ring (bicyclic) bond motifs is 1. The van der Waals surface area contributed by atoms with Crippen LogP contribution in [-0.2, 0) is 20.1 Å². The number of halogens is 4. The summed E-state index contributed by atoms with van der Waals surface area (Å²) in [5.41, 5.74) is -0.167. The van der Waals surface area contributed by atoms with Crippen LogP contribution in [0.4, 0.5) is 13.2 Å². The number of nitrogens with zero attached hydrogens (tertiary/aromatic N) is 4. The molecule has 0 saturated heterocycles. The van der Waals surface area contributed by atoms with E-state index in [0.717, 1.165) is 22.3 Å². The molecule has 0 atom stereocenters. The zero-order chi connectivity index (χ0) is 26.7. The van der Waals surface area contributed by atoms with Gasteiger partial charge in [-0.05, 0) is 49.8 Å². The van der Waals surface area contributed by atoms with Crippen LogP contribution in [0.5, 0.6) is 17.5 Å². The molecule has 0 unspecified atom stereocenters. The zero-order valence-corrected chi connectivity index (χ0v) is 20.6. The summed E-state index contributed by atoms with van der Waals surface area (Å²) in [7, 11) is 3.25. The van der Waals surface area contributed by atoms with Gasteiger partial charge in [-0.15, -0.1) is 13.2 Å². The van der Waals surface area contributed by atoms with Crippen molar-refractivity contribution in [3.63, 3.8) is 0 Å². The van der Waals surface area contributed by atoms with Gasteiger partial charge in [-0.2, -0.15) is 4.98 Å². The third-order valence-corrected chi connectivity index (χ3v) is 5.76. The summed E-state index contributed by atoms with van der Waals surface area (Å²) in [6.07, 6.45) is -4.34. The molecule has 13 heteroatoms. The van der Waals surface area contributed by atoms with E-state index in [9.17, 15) is 22.8 Å². The first-order valence-electron chi connectivity index (χ1n) is 11.2. The van der Waals surface area contributed by atoms with E-state index in [1.54, 1.807) is 31.3 Å². The summed E-state index contributed by atoms with van der Waals surface area (Å²) >= 11 is 6.00. The maximum Gasteiger partial charge on any atom is 0.573 e. The third kappa shape index (κ3) is 5.97. The molecule has 0 spiro atoms. The largest absolute Gasteiger partial charge is 0.573 e. The molecule has 0 radical (unpaired) electrons. The molecular formula is C24H23ClF3N5O4. The highest BCUT2D eigenvalue weighted by Gasteiger charge is 2.31. The van der Waals surface area contributed by atoms with E-state index in [4.69, 9.17) is 16.3 Å². The third-order valence-electron chi connectivity index (χ3n) is 5.51. The standard InChI is InChI=1S/C24H23ClF3N5O4/c1-29-11-4-12-32-21(34)19-20(31(2)23(32)35)30-22(33(19)14-15-7-9-16(25)10-8-15)36-17-5-3-6-18(13-17)37-24(26,27)28/h3,5-10,13,29H,4,11-12,14H2,1-2H3. The Morgan fingerprint density at radius 3 is 2.43 bits per heavy atom. The number of aryl methyl sites for hydroxylation is 1. The van der Waals surface area contributed by atoms with Crippen LogP contribution in [0.25, 0.3) is 11.2 Å². The number of rotatable bonds is 9. The van der Waals surface area contributed by atoms with Crippen molar-refractivity contribution in [3.05, 3.63) is 80.0 Å². The number of ether oxygens (including phenoxy) is 2. The number of aromatic nitrogens is 4. The normalized spacial score (nSPS) is 11.7. The van der Waals surface area contributed by atoms with Crippen molar-refractivity contribution in [2.75, 3.05) is 13.6 Å². The molecule has 0 aliphatic carbocycles. The molecule has 0 fully saturated rings. The van der Waals surface area contributed by atoms with Crippen LogP contribution in [0.1, 0.15) is 12.0 Å². The molecule has 4 rings (SSSR count). The molecule has 9 nitrogen and oxygen atoms in total. The van der Waals surface area contributed by atoms with Gasteiger partial charge in [0.25, 0.3) is 5.56 Å². The summed E-state index contributed by atoms with van der Waals surface area (Å²) in [6.45, 7) is 0.898. The number of benzene rings is 2. The molecule has 0 aliphatic heterocycles. The average molecular weight is 538 g/mol. The summed E-state index contributed by atoms with van der Waals surface area (Å²) in [5, 5.41) is 3.49. The Balaban J connectivity index is 1.85. The maximum absolute atomic E-state index is 13.5. The molecule has 0 amide bonds. The van der Waals surface area contributed by atoms with Gasteiger partial charge in [-0.25, -0.2) is 4.79 Å². The molecule has 2 aromatic carbocycles. The van der Waals surface area contributed by atoms with Crippen LogP contribution in [0.2, 0.25) is 5.02 Å². The molecule has 4 aromatic rings. The quantitative estimate of drug-likeness (QED) is 0.326. The van der Waals surface area contributed by atoms with Crippen molar-refractivity contribution in [3.8, 4) is 17.5 Å². The molecule has 0 saturated carbocycles. The molecular weight excluding hydrogens is 515 g/mol. The van der Waals surface area contributed by atoms with Crippen LogP contribution in [-0.4, -0.2) is 38.6 Å². The van der Waals surface area contributed by atoms with Crippen molar-refractivity contribution in [1.82, 2.24) is 24.0 Å². The van der Waals surface area contributed by atoms with Crippen LogP contribution >= 0.6 is 11.6 Å². The Kier molecular flexibility index (Phi) is 7.60. The van der Waals surface area contributed by atoms with Gasteiger partial charge in [-0.3, -0.25) is 18.5 Å². The van der Waals surface area contributed by atoms with Gasteiger partial charge in [-0.1, -0.05) is 29.8 Å². The lowest BCUT2D eigenvalue weighted by Gasteiger charge is -2.12. The summed E-state index contributed by atoms with van der Waals surface area (Å²) < 4.78 is 51.7. The van der Waals surface area contributed by atoms with E-state index in [-0.39, 0.29) is 36.0 Å². The van der Waals surface area contributed by atoms with Gasteiger partial charge in [0.2, 0.25) is 0 Å².